The molecular formula is C12H11NO3. The molecule has 0 aliphatic heterocycles. The van der Waals surface area contributed by atoms with Gasteiger partial charge in [-0.2, -0.15) is 0 Å². The summed E-state index contributed by atoms with van der Waals surface area (Å²) in [6, 6.07) is 3.16. The first-order valence-electron chi connectivity index (χ1n) is 4.99. The van der Waals surface area contributed by atoms with Gasteiger partial charge in [-0.1, -0.05) is 6.92 Å². The molecule has 0 atom stereocenters. The van der Waals surface area contributed by atoms with Gasteiger partial charge in [0.15, 0.2) is 6.29 Å². The normalized spacial score (nSPS) is 10.6. The van der Waals surface area contributed by atoms with Crippen LogP contribution in [0.25, 0.3) is 10.9 Å². The summed E-state index contributed by atoms with van der Waals surface area (Å²) in [5, 5.41) is 9.64. The van der Waals surface area contributed by atoms with Gasteiger partial charge in [-0.25, -0.2) is 4.79 Å². The summed E-state index contributed by atoms with van der Waals surface area (Å²) in [7, 11) is 0. The van der Waals surface area contributed by atoms with Crippen molar-refractivity contribution in [1.29, 1.82) is 0 Å². The minimum absolute atomic E-state index is 0.215. The smallest absolute Gasteiger partial charge is 0.335 e. The molecule has 0 saturated carbocycles. The third kappa shape index (κ3) is 1.48. The number of rotatable bonds is 3. The molecule has 0 unspecified atom stereocenters. The maximum Gasteiger partial charge on any atom is 0.335 e. The van der Waals surface area contributed by atoms with Gasteiger partial charge in [0.2, 0.25) is 0 Å². The lowest BCUT2D eigenvalue weighted by Crippen LogP contribution is -1.98. The molecule has 1 aromatic heterocycles. The van der Waals surface area contributed by atoms with E-state index >= 15 is 0 Å². The first-order valence-corrected chi connectivity index (χ1v) is 4.99. The first-order chi connectivity index (χ1) is 7.67. The highest BCUT2D eigenvalue weighted by molar-refractivity contribution is 6.02. The number of carboxylic acid groups (broad SMARTS) is 1. The van der Waals surface area contributed by atoms with Crippen LogP contribution in [0.5, 0.6) is 0 Å². The van der Waals surface area contributed by atoms with E-state index < -0.39 is 5.97 Å². The summed E-state index contributed by atoms with van der Waals surface area (Å²) in [6.07, 6.45) is 3.04. The Hall–Kier alpha value is -2.10. The molecular weight excluding hydrogens is 206 g/mol. The Kier molecular flexibility index (Phi) is 2.48. The van der Waals surface area contributed by atoms with E-state index in [4.69, 9.17) is 5.11 Å². The predicted molar refractivity (Wildman–Crippen MR) is 60.0 cm³/mol. The maximum atomic E-state index is 10.9. The number of aldehydes is 1. The number of aromatic nitrogens is 1. The number of aromatic amines is 1. The van der Waals surface area contributed by atoms with Crippen LogP contribution in [0.1, 0.15) is 33.2 Å². The number of aromatic carboxylic acids is 1. The number of carboxylic acids is 1. The van der Waals surface area contributed by atoms with E-state index in [1.54, 1.807) is 12.3 Å². The highest BCUT2D eigenvalue weighted by atomic mass is 16.4. The minimum Gasteiger partial charge on any atom is -0.478 e. The van der Waals surface area contributed by atoms with Crippen molar-refractivity contribution in [1.82, 2.24) is 4.98 Å². The Bertz CT molecular complexity index is 569. The lowest BCUT2D eigenvalue weighted by molar-refractivity contribution is 0.0696. The molecule has 0 fully saturated rings. The molecule has 2 aromatic rings. The number of hydrogen-bond donors (Lipinski definition) is 2. The second-order valence-electron chi connectivity index (χ2n) is 3.58. The van der Waals surface area contributed by atoms with E-state index in [-0.39, 0.29) is 5.56 Å². The lowest BCUT2D eigenvalue weighted by atomic mass is 10.0. The van der Waals surface area contributed by atoms with Crippen LogP contribution >= 0.6 is 0 Å². The van der Waals surface area contributed by atoms with Gasteiger partial charge in [0.25, 0.3) is 0 Å². The Morgan fingerprint density at radius 2 is 2.25 bits per heavy atom. The number of H-pyrrole nitrogens is 1. The van der Waals surface area contributed by atoms with Gasteiger partial charge in [-0.05, 0) is 24.1 Å². The van der Waals surface area contributed by atoms with Gasteiger partial charge < -0.3 is 10.1 Å². The Labute approximate surface area is 91.9 Å². The first kappa shape index (κ1) is 10.4. The molecule has 0 spiro atoms. The number of hydrogen-bond acceptors (Lipinski definition) is 2. The third-order valence-electron chi connectivity index (χ3n) is 2.66. The molecule has 0 radical (unpaired) electrons. The van der Waals surface area contributed by atoms with Crippen LogP contribution in [0, 0.1) is 0 Å². The molecule has 0 aliphatic rings. The van der Waals surface area contributed by atoms with Crippen molar-refractivity contribution in [2.24, 2.45) is 0 Å². The molecule has 2 rings (SSSR count). The SMILES string of the molecule is CCc1cc(C(=O)O)cc2c(C=O)c[nH]c12. The van der Waals surface area contributed by atoms with Crippen molar-refractivity contribution in [2.75, 3.05) is 0 Å². The summed E-state index contributed by atoms with van der Waals surface area (Å²) >= 11 is 0. The fraction of sp³-hybridized carbons (Fsp3) is 0.167. The Balaban J connectivity index is 2.81. The van der Waals surface area contributed by atoms with E-state index in [1.165, 1.54) is 6.07 Å². The quantitative estimate of drug-likeness (QED) is 0.774. The Morgan fingerprint density at radius 1 is 1.50 bits per heavy atom. The second kappa shape index (κ2) is 3.81. The van der Waals surface area contributed by atoms with Crippen LogP contribution in [0.2, 0.25) is 0 Å². The summed E-state index contributed by atoms with van der Waals surface area (Å²) in [4.78, 5) is 24.7. The fourth-order valence-corrected chi connectivity index (χ4v) is 1.83. The molecule has 0 amide bonds. The average molecular weight is 217 g/mol. The molecule has 0 bridgehead atoms. The van der Waals surface area contributed by atoms with Crippen LogP contribution in [-0.4, -0.2) is 22.3 Å². The molecule has 4 nitrogen and oxygen atoms in total. The van der Waals surface area contributed by atoms with Crippen molar-refractivity contribution in [2.45, 2.75) is 13.3 Å². The van der Waals surface area contributed by atoms with E-state index in [0.717, 1.165) is 23.8 Å². The second-order valence-corrected chi connectivity index (χ2v) is 3.58. The van der Waals surface area contributed by atoms with Crippen LogP contribution in [0.4, 0.5) is 0 Å². The zero-order valence-corrected chi connectivity index (χ0v) is 8.78. The number of carbonyl (C=O) groups excluding carboxylic acids is 1. The predicted octanol–water partition coefficient (Wildman–Crippen LogP) is 2.24. The summed E-state index contributed by atoms with van der Waals surface area (Å²) < 4.78 is 0. The largest absolute Gasteiger partial charge is 0.478 e. The van der Waals surface area contributed by atoms with E-state index in [0.29, 0.717) is 10.9 Å². The topological polar surface area (TPSA) is 70.2 Å². The van der Waals surface area contributed by atoms with E-state index in [1.807, 2.05) is 6.92 Å². The number of carbonyl (C=O) groups is 2. The van der Waals surface area contributed by atoms with Gasteiger partial charge in [-0.3, -0.25) is 4.79 Å². The highest BCUT2D eigenvalue weighted by Gasteiger charge is 2.11. The van der Waals surface area contributed by atoms with E-state index in [9.17, 15) is 9.59 Å². The standard InChI is InChI=1S/C12H11NO3/c1-2-7-3-8(12(15)16)4-10-9(6-14)5-13-11(7)10/h3-6,13H,2H2,1H3,(H,15,16). The highest BCUT2D eigenvalue weighted by Crippen LogP contribution is 2.23. The number of aryl methyl sites for hydroxylation is 1. The van der Waals surface area contributed by atoms with E-state index in [2.05, 4.69) is 4.98 Å². The fourth-order valence-electron chi connectivity index (χ4n) is 1.83. The van der Waals surface area contributed by atoms with Gasteiger partial charge in [0.05, 0.1) is 5.56 Å². The Morgan fingerprint density at radius 3 is 2.81 bits per heavy atom. The van der Waals surface area contributed by atoms with Crippen molar-refractivity contribution < 1.29 is 14.7 Å². The van der Waals surface area contributed by atoms with Gasteiger partial charge in [0.1, 0.15) is 0 Å². The maximum absolute atomic E-state index is 10.9. The average Bonchev–Trinajstić information content (AvgIpc) is 2.70. The van der Waals surface area contributed by atoms with Crippen molar-refractivity contribution in [3.63, 3.8) is 0 Å². The summed E-state index contributed by atoms with van der Waals surface area (Å²) in [5.41, 5.74) is 2.46. The van der Waals surface area contributed by atoms with Crippen molar-refractivity contribution in [3.8, 4) is 0 Å². The van der Waals surface area contributed by atoms with Crippen LogP contribution in [-0.2, 0) is 6.42 Å². The van der Waals surface area contributed by atoms with Crippen molar-refractivity contribution >= 4 is 23.2 Å². The zero-order chi connectivity index (χ0) is 11.7. The van der Waals surface area contributed by atoms with Gasteiger partial charge in [0, 0.05) is 22.7 Å². The number of fused-ring (bicyclic) bond motifs is 1. The van der Waals surface area contributed by atoms with Gasteiger partial charge >= 0.3 is 5.97 Å². The van der Waals surface area contributed by atoms with Gasteiger partial charge in [-0.15, -0.1) is 0 Å². The number of nitrogens with one attached hydrogen (secondary N) is 1. The summed E-state index contributed by atoms with van der Waals surface area (Å²) in [5.74, 6) is -0.977. The molecule has 82 valence electrons. The molecule has 16 heavy (non-hydrogen) atoms. The van der Waals surface area contributed by atoms with Crippen molar-refractivity contribution in [3.05, 3.63) is 35.0 Å². The molecule has 0 saturated heterocycles. The number of benzene rings is 1. The van der Waals surface area contributed by atoms with Crippen LogP contribution in [0.15, 0.2) is 18.3 Å². The molecule has 0 aliphatic carbocycles. The monoisotopic (exact) mass is 217 g/mol. The molecule has 2 N–H and O–H groups in total. The summed E-state index contributed by atoms with van der Waals surface area (Å²) in [6.45, 7) is 1.95. The van der Waals surface area contributed by atoms with Crippen LogP contribution < -0.4 is 0 Å². The molecule has 4 heteroatoms. The third-order valence-corrected chi connectivity index (χ3v) is 2.66. The molecule has 1 aromatic carbocycles. The van der Waals surface area contributed by atoms with Crippen LogP contribution in [0.3, 0.4) is 0 Å². The lowest BCUT2D eigenvalue weighted by Gasteiger charge is -2.02. The molecule has 1 heterocycles. The minimum atomic E-state index is -0.977. The zero-order valence-electron chi connectivity index (χ0n) is 8.78.